The third kappa shape index (κ3) is 5.35. The molecule has 1 atom stereocenters. The van der Waals surface area contributed by atoms with Crippen molar-refractivity contribution in [1.82, 2.24) is 4.57 Å². The number of nitrogens with zero attached hydrogens (tertiary/aromatic N) is 2. The van der Waals surface area contributed by atoms with Crippen molar-refractivity contribution in [1.29, 1.82) is 5.26 Å². The third-order valence-electron chi connectivity index (χ3n) is 7.77. The summed E-state index contributed by atoms with van der Waals surface area (Å²) in [7, 11) is 0. The standard InChI is InChI=1S/C30H35N3OS/c1-20(24-5-3-22(16-31)4-6-24)30(35-21(2)25-7-10-28(32)11-8-25)27-9-12-29-26(15-27)13-14-33(29)17-23-18-34-19-23/h3-6,9,12-15,21,23,25,28H,7-8,10-11,17-19,32H2,1-2H3/b30-20+. The van der Waals surface area contributed by atoms with E-state index >= 15 is 0 Å². The molecule has 3 aromatic rings. The second kappa shape index (κ2) is 10.6. The van der Waals surface area contributed by atoms with Crippen LogP contribution >= 0.6 is 11.8 Å². The molecule has 5 heteroatoms. The summed E-state index contributed by atoms with van der Waals surface area (Å²) in [6.07, 6.45) is 6.91. The van der Waals surface area contributed by atoms with Crippen molar-refractivity contribution in [2.45, 2.75) is 57.4 Å². The molecule has 4 nitrogen and oxygen atoms in total. The molecule has 2 N–H and O–H groups in total. The van der Waals surface area contributed by atoms with Gasteiger partial charge in [-0.05, 0) is 85.6 Å². The number of thioether (sulfide) groups is 1. The van der Waals surface area contributed by atoms with E-state index in [0.29, 0.717) is 28.7 Å². The van der Waals surface area contributed by atoms with Gasteiger partial charge < -0.3 is 15.0 Å². The smallest absolute Gasteiger partial charge is 0.0991 e. The lowest BCUT2D eigenvalue weighted by molar-refractivity contribution is -0.0388. The van der Waals surface area contributed by atoms with Crippen LogP contribution < -0.4 is 5.73 Å². The van der Waals surface area contributed by atoms with Gasteiger partial charge in [-0.1, -0.05) is 25.1 Å². The Morgan fingerprint density at radius 3 is 2.46 bits per heavy atom. The summed E-state index contributed by atoms with van der Waals surface area (Å²) in [5, 5.41) is 11.0. The largest absolute Gasteiger partial charge is 0.381 e. The first-order valence-electron chi connectivity index (χ1n) is 12.8. The minimum Gasteiger partial charge on any atom is -0.381 e. The Labute approximate surface area is 213 Å². The molecule has 2 aliphatic rings. The Balaban J connectivity index is 1.48. The van der Waals surface area contributed by atoms with Crippen LogP contribution in [-0.4, -0.2) is 29.1 Å². The van der Waals surface area contributed by atoms with E-state index in [2.05, 4.69) is 67.1 Å². The zero-order valence-corrected chi connectivity index (χ0v) is 21.6. The molecular weight excluding hydrogens is 450 g/mol. The second-order valence-electron chi connectivity index (χ2n) is 10.3. The molecular formula is C30H35N3OS. The number of ether oxygens (including phenoxy) is 1. The lowest BCUT2D eigenvalue weighted by atomic mass is 9.85. The van der Waals surface area contributed by atoms with E-state index < -0.39 is 0 Å². The number of aromatic nitrogens is 1. The fraction of sp³-hybridized carbons (Fsp3) is 0.433. The van der Waals surface area contributed by atoms with E-state index in [0.717, 1.165) is 32.6 Å². The van der Waals surface area contributed by atoms with E-state index in [1.54, 1.807) is 0 Å². The highest BCUT2D eigenvalue weighted by Gasteiger charge is 2.26. The van der Waals surface area contributed by atoms with Crippen LogP contribution in [0.1, 0.15) is 56.2 Å². The normalized spacial score (nSPS) is 22.3. The number of hydrogen-bond acceptors (Lipinski definition) is 4. The van der Waals surface area contributed by atoms with Gasteiger partial charge in [0.1, 0.15) is 0 Å². The Morgan fingerprint density at radius 1 is 1.09 bits per heavy atom. The number of benzene rings is 2. The second-order valence-corrected chi connectivity index (χ2v) is 11.7. The average Bonchev–Trinajstić information content (AvgIpc) is 3.26. The van der Waals surface area contributed by atoms with Gasteiger partial charge in [0, 0.05) is 45.8 Å². The first-order valence-corrected chi connectivity index (χ1v) is 13.7. The van der Waals surface area contributed by atoms with Crippen molar-refractivity contribution in [2.75, 3.05) is 13.2 Å². The summed E-state index contributed by atoms with van der Waals surface area (Å²) >= 11 is 2.01. The molecule has 1 aliphatic heterocycles. The van der Waals surface area contributed by atoms with Gasteiger partial charge in [0.15, 0.2) is 0 Å². The van der Waals surface area contributed by atoms with E-state index in [1.165, 1.54) is 45.3 Å². The number of allylic oxidation sites excluding steroid dienone is 1. The number of nitriles is 1. The van der Waals surface area contributed by atoms with Crippen LogP contribution in [0.4, 0.5) is 0 Å². The van der Waals surface area contributed by atoms with Crippen LogP contribution in [0.5, 0.6) is 0 Å². The SMILES string of the molecule is C/C(=C(\SC(C)C1CCC(N)CC1)c1ccc2c(ccn2CC2COC2)c1)c1ccc(C#N)cc1. The fourth-order valence-electron chi connectivity index (χ4n) is 5.36. The molecule has 0 radical (unpaired) electrons. The summed E-state index contributed by atoms with van der Waals surface area (Å²) in [5.74, 6) is 1.32. The van der Waals surface area contributed by atoms with Gasteiger partial charge in [-0.3, -0.25) is 0 Å². The quantitative estimate of drug-likeness (QED) is 0.379. The molecule has 182 valence electrons. The van der Waals surface area contributed by atoms with Crippen LogP contribution in [0.25, 0.3) is 21.4 Å². The Hall–Kier alpha value is -2.52. The summed E-state index contributed by atoms with van der Waals surface area (Å²) in [6, 6.07) is 19.8. The molecule has 2 heterocycles. The van der Waals surface area contributed by atoms with Gasteiger partial charge in [0.05, 0.1) is 24.8 Å². The summed E-state index contributed by atoms with van der Waals surface area (Å²) in [6.45, 7) is 7.36. The molecule has 5 rings (SSSR count). The van der Waals surface area contributed by atoms with Gasteiger partial charge in [0.25, 0.3) is 0 Å². The van der Waals surface area contributed by atoms with Gasteiger partial charge in [0.2, 0.25) is 0 Å². The lowest BCUT2D eigenvalue weighted by Crippen LogP contribution is -2.31. The van der Waals surface area contributed by atoms with Crippen molar-refractivity contribution in [3.63, 3.8) is 0 Å². The maximum Gasteiger partial charge on any atom is 0.0991 e. The fourth-order valence-corrected chi connectivity index (χ4v) is 6.76. The minimum absolute atomic E-state index is 0.372. The molecule has 1 aromatic heterocycles. The maximum absolute atomic E-state index is 9.23. The van der Waals surface area contributed by atoms with Crippen molar-refractivity contribution in [2.24, 2.45) is 17.6 Å². The molecule has 0 spiro atoms. The summed E-state index contributed by atoms with van der Waals surface area (Å²) in [4.78, 5) is 1.33. The Kier molecular flexibility index (Phi) is 7.34. The van der Waals surface area contributed by atoms with E-state index in [4.69, 9.17) is 10.5 Å². The van der Waals surface area contributed by atoms with Crippen LogP contribution in [0, 0.1) is 23.2 Å². The third-order valence-corrected chi connectivity index (χ3v) is 9.30. The molecule has 2 aromatic carbocycles. The summed E-state index contributed by atoms with van der Waals surface area (Å²) < 4.78 is 7.74. The predicted molar refractivity (Wildman–Crippen MR) is 147 cm³/mol. The zero-order valence-electron chi connectivity index (χ0n) is 20.7. The zero-order chi connectivity index (χ0) is 24.4. The van der Waals surface area contributed by atoms with Crippen molar-refractivity contribution in [3.8, 4) is 6.07 Å². The van der Waals surface area contributed by atoms with Crippen LogP contribution in [-0.2, 0) is 11.3 Å². The van der Waals surface area contributed by atoms with Crippen LogP contribution in [0.3, 0.4) is 0 Å². The Bertz CT molecular complexity index is 1240. The van der Waals surface area contributed by atoms with Crippen molar-refractivity contribution < 1.29 is 4.74 Å². The molecule has 35 heavy (non-hydrogen) atoms. The summed E-state index contributed by atoms with van der Waals surface area (Å²) in [5.41, 5.74) is 11.9. The molecule has 2 fully saturated rings. The van der Waals surface area contributed by atoms with Crippen molar-refractivity contribution >= 4 is 33.1 Å². The molecule has 1 aliphatic carbocycles. The van der Waals surface area contributed by atoms with Gasteiger partial charge in [-0.25, -0.2) is 0 Å². The molecule has 1 saturated carbocycles. The highest BCUT2D eigenvalue weighted by atomic mass is 32.2. The van der Waals surface area contributed by atoms with Crippen LogP contribution in [0.2, 0.25) is 0 Å². The number of fused-ring (bicyclic) bond motifs is 1. The van der Waals surface area contributed by atoms with Gasteiger partial charge >= 0.3 is 0 Å². The van der Waals surface area contributed by atoms with E-state index in [9.17, 15) is 5.26 Å². The first kappa shape index (κ1) is 24.2. The first-order chi connectivity index (χ1) is 17.0. The Morgan fingerprint density at radius 2 is 1.80 bits per heavy atom. The van der Waals surface area contributed by atoms with Crippen LogP contribution in [0.15, 0.2) is 54.7 Å². The lowest BCUT2D eigenvalue weighted by Gasteiger charge is -2.31. The predicted octanol–water partition coefficient (Wildman–Crippen LogP) is 6.69. The monoisotopic (exact) mass is 485 g/mol. The molecule has 1 unspecified atom stereocenters. The maximum atomic E-state index is 9.23. The average molecular weight is 486 g/mol. The number of nitrogens with two attached hydrogens (primary N) is 1. The van der Waals surface area contributed by atoms with Gasteiger partial charge in [-0.15, -0.1) is 11.8 Å². The topological polar surface area (TPSA) is 64.0 Å². The van der Waals surface area contributed by atoms with E-state index in [1.807, 2.05) is 23.9 Å². The molecule has 1 saturated heterocycles. The minimum atomic E-state index is 0.372. The van der Waals surface area contributed by atoms with E-state index in [-0.39, 0.29) is 0 Å². The molecule has 0 amide bonds. The van der Waals surface area contributed by atoms with Crippen molar-refractivity contribution in [3.05, 3.63) is 71.4 Å². The highest BCUT2D eigenvalue weighted by Crippen LogP contribution is 2.43. The number of rotatable bonds is 7. The highest BCUT2D eigenvalue weighted by molar-refractivity contribution is 8.09. The molecule has 0 bridgehead atoms. The number of hydrogen-bond donors (Lipinski definition) is 1. The van der Waals surface area contributed by atoms with Gasteiger partial charge in [-0.2, -0.15) is 5.26 Å².